The van der Waals surface area contributed by atoms with Crippen LogP contribution >= 0.6 is 0 Å². The van der Waals surface area contributed by atoms with E-state index in [0.717, 1.165) is 65.0 Å². The van der Waals surface area contributed by atoms with Crippen molar-refractivity contribution in [3.05, 3.63) is 0 Å². The van der Waals surface area contributed by atoms with Crippen molar-refractivity contribution >= 4 is 5.78 Å². The molecular formula is C17H29NO3. The van der Waals surface area contributed by atoms with Gasteiger partial charge in [-0.3, -0.25) is 9.69 Å². The van der Waals surface area contributed by atoms with Crippen molar-refractivity contribution < 1.29 is 14.3 Å². The number of morpholine rings is 1. The highest BCUT2D eigenvalue weighted by molar-refractivity contribution is 5.90. The van der Waals surface area contributed by atoms with Crippen LogP contribution in [0.1, 0.15) is 52.4 Å². The Morgan fingerprint density at radius 1 is 1.29 bits per heavy atom. The Bertz CT molecular complexity index is 387. The van der Waals surface area contributed by atoms with Crippen LogP contribution in [0.15, 0.2) is 0 Å². The maximum Gasteiger partial charge on any atom is 0.156 e. The van der Waals surface area contributed by atoms with Crippen LogP contribution in [-0.4, -0.2) is 54.7 Å². The largest absolute Gasteiger partial charge is 0.379 e. The summed E-state index contributed by atoms with van der Waals surface area (Å²) >= 11 is 0. The first kappa shape index (κ1) is 15.4. The van der Waals surface area contributed by atoms with Crippen LogP contribution in [-0.2, 0) is 14.3 Å². The van der Waals surface area contributed by atoms with Crippen LogP contribution in [0, 0.1) is 5.92 Å². The lowest BCUT2D eigenvalue weighted by Crippen LogP contribution is -2.59. The summed E-state index contributed by atoms with van der Waals surface area (Å²) in [6, 6.07) is 0. The van der Waals surface area contributed by atoms with E-state index in [9.17, 15) is 4.79 Å². The molecule has 3 rings (SSSR count). The third-order valence-electron chi connectivity index (χ3n) is 6.06. The van der Waals surface area contributed by atoms with Crippen molar-refractivity contribution in [3.63, 3.8) is 0 Å². The van der Waals surface area contributed by atoms with Gasteiger partial charge in [0.15, 0.2) is 5.78 Å². The first-order valence-corrected chi connectivity index (χ1v) is 8.61. The van der Waals surface area contributed by atoms with E-state index >= 15 is 0 Å². The highest BCUT2D eigenvalue weighted by Crippen LogP contribution is 2.45. The molecule has 2 heterocycles. The molecule has 0 amide bonds. The van der Waals surface area contributed by atoms with E-state index in [0.29, 0.717) is 5.78 Å². The molecule has 0 N–H and O–H groups in total. The molecule has 120 valence electrons. The molecule has 0 bridgehead atoms. The standard InChI is InChI=1S/C17H29NO3/c1-3-16(2,18-8-11-20-12-9-18)15(19)14-5-10-21-17(13-14)6-4-7-17/h14H,3-13H2,1-2H3. The molecule has 0 aromatic carbocycles. The van der Waals surface area contributed by atoms with Crippen LogP contribution in [0.2, 0.25) is 0 Å². The highest BCUT2D eigenvalue weighted by Gasteiger charge is 2.48. The van der Waals surface area contributed by atoms with Gasteiger partial charge in [0.1, 0.15) is 0 Å². The smallest absolute Gasteiger partial charge is 0.156 e. The molecule has 4 heteroatoms. The summed E-state index contributed by atoms with van der Waals surface area (Å²) in [5.41, 5.74) is -0.269. The Hall–Kier alpha value is -0.450. The predicted octanol–water partition coefficient (Wildman–Crippen LogP) is 2.41. The Morgan fingerprint density at radius 2 is 2.00 bits per heavy atom. The van der Waals surface area contributed by atoms with Gasteiger partial charge in [0, 0.05) is 25.6 Å². The minimum Gasteiger partial charge on any atom is -0.379 e. The fourth-order valence-corrected chi connectivity index (χ4v) is 4.22. The summed E-state index contributed by atoms with van der Waals surface area (Å²) in [6.07, 6.45) is 6.30. The Kier molecular flexibility index (Phi) is 4.40. The van der Waals surface area contributed by atoms with Crippen molar-refractivity contribution in [2.75, 3.05) is 32.9 Å². The SMILES string of the molecule is CCC(C)(C(=O)C1CCOC2(CCC2)C1)N1CCOCC1. The highest BCUT2D eigenvalue weighted by atomic mass is 16.5. The Balaban J connectivity index is 1.71. The van der Waals surface area contributed by atoms with Gasteiger partial charge in [-0.05, 0) is 45.4 Å². The first-order valence-electron chi connectivity index (χ1n) is 8.61. The first-order chi connectivity index (χ1) is 10.1. The molecule has 2 saturated heterocycles. The third-order valence-corrected chi connectivity index (χ3v) is 6.06. The van der Waals surface area contributed by atoms with E-state index in [1.165, 1.54) is 6.42 Å². The van der Waals surface area contributed by atoms with Gasteiger partial charge in [-0.1, -0.05) is 6.92 Å². The topological polar surface area (TPSA) is 38.8 Å². The summed E-state index contributed by atoms with van der Waals surface area (Å²) in [5.74, 6) is 0.633. The average Bonchev–Trinajstić information content (AvgIpc) is 2.53. The molecule has 2 atom stereocenters. The van der Waals surface area contributed by atoms with Gasteiger partial charge in [-0.15, -0.1) is 0 Å². The Morgan fingerprint density at radius 3 is 2.57 bits per heavy atom. The predicted molar refractivity (Wildman–Crippen MR) is 81.4 cm³/mol. The number of rotatable bonds is 4. The average molecular weight is 295 g/mol. The van der Waals surface area contributed by atoms with Crippen molar-refractivity contribution in [3.8, 4) is 0 Å². The molecule has 0 aromatic heterocycles. The number of carbonyl (C=O) groups is 1. The second-order valence-electron chi connectivity index (χ2n) is 7.17. The maximum absolute atomic E-state index is 13.2. The monoisotopic (exact) mass is 295 g/mol. The molecule has 4 nitrogen and oxygen atoms in total. The fourth-order valence-electron chi connectivity index (χ4n) is 4.22. The molecule has 3 aliphatic rings. The van der Waals surface area contributed by atoms with Crippen LogP contribution in [0.4, 0.5) is 0 Å². The third kappa shape index (κ3) is 2.78. The summed E-state index contributed by atoms with van der Waals surface area (Å²) in [6.45, 7) is 8.31. The molecule has 0 radical (unpaired) electrons. The lowest BCUT2D eigenvalue weighted by molar-refractivity contribution is -0.164. The van der Waals surface area contributed by atoms with Crippen molar-refractivity contribution in [2.45, 2.75) is 63.5 Å². The van der Waals surface area contributed by atoms with Crippen LogP contribution in [0.5, 0.6) is 0 Å². The molecule has 1 saturated carbocycles. The molecule has 1 aliphatic carbocycles. The molecule has 1 spiro atoms. The molecular weight excluding hydrogens is 266 g/mol. The molecule has 2 unspecified atom stereocenters. The summed E-state index contributed by atoms with van der Waals surface area (Å²) < 4.78 is 11.4. The van der Waals surface area contributed by atoms with E-state index < -0.39 is 0 Å². The molecule has 21 heavy (non-hydrogen) atoms. The maximum atomic E-state index is 13.2. The number of hydrogen-bond acceptors (Lipinski definition) is 4. The van der Waals surface area contributed by atoms with E-state index in [4.69, 9.17) is 9.47 Å². The molecule has 0 aromatic rings. The van der Waals surface area contributed by atoms with Crippen LogP contribution in [0.25, 0.3) is 0 Å². The van der Waals surface area contributed by atoms with E-state index in [2.05, 4.69) is 18.7 Å². The van der Waals surface area contributed by atoms with Crippen molar-refractivity contribution in [1.29, 1.82) is 0 Å². The van der Waals surface area contributed by atoms with Crippen LogP contribution < -0.4 is 0 Å². The lowest BCUT2D eigenvalue weighted by Gasteiger charge is -2.49. The number of carbonyl (C=O) groups excluding carboxylic acids is 1. The molecule has 2 aliphatic heterocycles. The van der Waals surface area contributed by atoms with E-state index in [1.54, 1.807) is 0 Å². The van der Waals surface area contributed by atoms with Crippen molar-refractivity contribution in [2.24, 2.45) is 5.92 Å². The van der Waals surface area contributed by atoms with Gasteiger partial charge in [-0.2, -0.15) is 0 Å². The quantitative estimate of drug-likeness (QED) is 0.798. The number of nitrogens with zero attached hydrogens (tertiary/aromatic N) is 1. The second-order valence-corrected chi connectivity index (χ2v) is 7.17. The normalized spacial score (nSPS) is 32.4. The Labute approximate surface area is 128 Å². The number of hydrogen-bond donors (Lipinski definition) is 0. The summed E-state index contributed by atoms with van der Waals surface area (Å²) in [7, 11) is 0. The van der Waals surface area contributed by atoms with E-state index in [1.807, 2.05) is 0 Å². The van der Waals surface area contributed by atoms with E-state index in [-0.39, 0.29) is 17.1 Å². The van der Waals surface area contributed by atoms with Gasteiger partial charge >= 0.3 is 0 Å². The van der Waals surface area contributed by atoms with Gasteiger partial charge in [0.25, 0.3) is 0 Å². The number of ether oxygens (including phenoxy) is 2. The zero-order valence-electron chi connectivity index (χ0n) is 13.5. The lowest BCUT2D eigenvalue weighted by atomic mass is 9.68. The van der Waals surface area contributed by atoms with Gasteiger partial charge in [-0.25, -0.2) is 0 Å². The molecule has 3 fully saturated rings. The van der Waals surface area contributed by atoms with Gasteiger partial charge in [0.05, 0.1) is 24.4 Å². The fraction of sp³-hybridized carbons (Fsp3) is 0.941. The summed E-state index contributed by atoms with van der Waals surface area (Å²) in [4.78, 5) is 15.6. The van der Waals surface area contributed by atoms with Crippen molar-refractivity contribution in [1.82, 2.24) is 4.90 Å². The zero-order chi connectivity index (χ0) is 14.9. The number of ketones is 1. The zero-order valence-corrected chi connectivity index (χ0v) is 13.5. The number of Topliss-reactive ketones (excluding diaryl/α,β-unsaturated/α-hetero) is 1. The minimum atomic E-state index is -0.323. The van der Waals surface area contributed by atoms with Gasteiger partial charge in [0.2, 0.25) is 0 Å². The summed E-state index contributed by atoms with van der Waals surface area (Å²) in [5, 5.41) is 0. The van der Waals surface area contributed by atoms with Crippen LogP contribution in [0.3, 0.4) is 0 Å². The second kappa shape index (κ2) is 5.98. The van der Waals surface area contributed by atoms with Gasteiger partial charge < -0.3 is 9.47 Å². The minimum absolute atomic E-state index is 0.0538.